The zero-order valence-corrected chi connectivity index (χ0v) is 14.1. The first-order valence-electron chi connectivity index (χ1n) is 7.05. The molecule has 0 radical (unpaired) electrons. The van der Waals surface area contributed by atoms with Crippen LogP contribution in [0.15, 0.2) is 18.2 Å². The number of methoxy groups -OCH3 is 1. The Bertz CT molecular complexity index is 623. The van der Waals surface area contributed by atoms with E-state index in [1.165, 1.54) is 14.0 Å². The van der Waals surface area contributed by atoms with Crippen LogP contribution in [0.2, 0.25) is 0 Å². The molecule has 0 aliphatic heterocycles. The van der Waals surface area contributed by atoms with E-state index in [-0.39, 0.29) is 11.3 Å². The summed E-state index contributed by atoms with van der Waals surface area (Å²) in [5.74, 6) is 0.0358. The molecule has 1 atom stereocenters. The van der Waals surface area contributed by atoms with Crippen LogP contribution in [0.3, 0.4) is 0 Å². The zero-order valence-electron chi connectivity index (χ0n) is 14.1. The first-order valence-corrected chi connectivity index (χ1v) is 7.05. The lowest BCUT2D eigenvalue weighted by Gasteiger charge is -2.29. The zero-order chi connectivity index (χ0) is 18.8. The number of hydrogen-bond donors (Lipinski definition) is 1. The van der Waals surface area contributed by atoms with Gasteiger partial charge in [0.2, 0.25) is 0 Å². The number of rotatable bonds is 4. The van der Waals surface area contributed by atoms with Crippen LogP contribution in [-0.2, 0) is 21.2 Å². The van der Waals surface area contributed by atoms with Gasteiger partial charge in [0.05, 0.1) is 12.7 Å². The van der Waals surface area contributed by atoms with E-state index >= 15 is 0 Å². The normalized spacial score (nSPS) is 14.5. The summed E-state index contributed by atoms with van der Waals surface area (Å²) in [6, 6.07) is 2.70. The third kappa shape index (κ3) is 4.87. The van der Waals surface area contributed by atoms with E-state index in [9.17, 15) is 22.8 Å². The van der Waals surface area contributed by atoms with Crippen molar-refractivity contribution in [3.63, 3.8) is 0 Å². The number of halogens is 3. The van der Waals surface area contributed by atoms with Crippen LogP contribution >= 0.6 is 0 Å². The highest BCUT2D eigenvalue weighted by molar-refractivity contribution is 5.79. The highest BCUT2D eigenvalue weighted by Crippen LogP contribution is 2.36. The molecule has 1 amide bonds. The number of nitrogens with one attached hydrogen (secondary N) is 1. The fourth-order valence-corrected chi connectivity index (χ4v) is 1.97. The van der Waals surface area contributed by atoms with Gasteiger partial charge < -0.3 is 19.6 Å². The van der Waals surface area contributed by atoms with E-state index in [4.69, 9.17) is 9.47 Å². The second-order valence-electron chi connectivity index (χ2n) is 6.36. The van der Waals surface area contributed by atoms with Crippen molar-refractivity contribution in [2.75, 3.05) is 7.11 Å². The smallest absolute Gasteiger partial charge is 0.416 e. The van der Waals surface area contributed by atoms with Gasteiger partial charge in [0, 0.05) is 5.56 Å². The van der Waals surface area contributed by atoms with Crippen LogP contribution in [0.5, 0.6) is 5.75 Å². The minimum Gasteiger partial charge on any atom is -0.496 e. The molecule has 0 bridgehead atoms. The van der Waals surface area contributed by atoms with E-state index < -0.39 is 29.0 Å². The van der Waals surface area contributed by atoms with Crippen molar-refractivity contribution in [2.24, 2.45) is 0 Å². The van der Waals surface area contributed by atoms with Gasteiger partial charge in [0.15, 0.2) is 0 Å². The SMILES string of the molecule is COc1ccc(C(F)(F)F)cc1C(C)(C=O)NC(=O)OC(C)(C)C. The summed E-state index contributed by atoms with van der Waals surface area (Å²) < 4.78 is 48.9. The van der Waals surface area contributed by atoms with Crippen LogP contribution in [0, 0.1) is 0 Å². The molecule has 0 aromatic heterocycles. The van der Waals surface area contributed by atoms with Crippen molar-refractivity contribution in [3.8, 4) is 5.75 Å². The molecule has 1 N–H and O–H groups in total. The molecule has 1 aromatic rings. The predicted octanol–water partition coefficient (Wildman–Crippen LogP) is 3.65. The van der Waals surface area contributed by atoms with Crippen LogP contribution in [0.25, 0.3) is 0 Å². The number of carbonyl (C=O) groups is 2. The Labute approximate surface area is 138 Å². The number of hydrogen-bond acceptors (Lipinski definition) is 4. The van der Waals surface area contributed by atoms with Crippen molar-refractivity contribution >= 4 is 12.4 Å². The van der Waals surface area contributed by atoms with Gasteiger partial charge in [-0.2, -0.15) is 13.2 Å². The molecule has 24 heavy (non-hydrogen) atoms. The van der Waals surface area contributed by atoms with Gasteiger partial charge in [-0.3, -0.25) is 0 Å². The number of benzene rings is 1. The van der Waals surface area contributed by atoms with Gasteiger partial charge in [-0.05, 0) is 45.9 Å². The van der Waals surface area contributed by atoms with E-state index in [1.54, 1.807) is 20.8 Å². The van der Waals surface area contributed by atoms with Crippen LogP contribution in [0.1, 0.15) is 38.8 Å². The summed E-state index contributed by atoms with van der Waals surface area (Å²) in [6.07, 6.45) is -5.21. The van der Waals surface area contributed by atoms with Crippen molar-refractivity contribution in [1.82, 2.24) is 5.32 Å². The first kappa shape index (κ1) is 19.8. The van der Waals surface area contributed by atoms with Crippen molar-refractivity contribution < 1.29 is 32.2 Å². The van der Waals surface area contributed by atoms with E-state index in [2.05, 4.69) is 5.32 Å². The fourth-order valence-electron chi connectivity index (χ4n) is 1.97. The molecule has 0 heterocycles. The van der Waals surface area contributed by atoms with Crippen LogP contribution in [0.4, 0.5) is 18.0 Å². The Hall–Kier alpha value is -2.25. The molecule has 134 valence electrons. The van der Waals surface area contributed by atoms with Gasteiger partial charge in [0.1, 0.15) is 23.2 Å². The topological polar surface area (TPSA) is 64.6 Å². The van der Waals surface area contributed by atoms with Crippen molar-refractivity contribution in [1.29, 1.82) is 0 Å². The average Bonchev–Trinajstić information content (AvgIpc) is 2.43. The van der Waals surface area contributed by atoms with E-state index in [1.807, 2.05) is 0 Å². The summed E-state index contributed by atoms with van der Waals surface area (Å²) >= 11 is 0. The van der Waals surface area contributed by atoms with Crippen LogP contribution in [-0.4, -0.2) is 25.1 Å². The summed E-state index contributed by atoms with van der Waals surface area (Å²) in [4.78, 5) is 23.5. The lowest BCUT2D eigenvalue weighted by Crippen LogP contribution is -2.47. The van der Waals surface area contributed by atoms with Gasteiger partial charge in [0.25, 0.3) is 0 Å². The first-order chi connectivity index (χ1) is 10.8. The minimum absolute atomic E-state index is 0.0358. The van der Waals surface area contributed by atoms with E-state index in [0.717, 1.165) is 18.2 Å². The van der Waals surface area contributed by atoms with Gasteiger partial charge >= 0.3 is 12.3 Å². The summed E-state index contributed by atoms with van der Waals surface area (Å²) in [7, 11) is 1.25. The second-order valence-corrected chi connectivity index (χ2v) is 6.36. The lowest BCUT2D eigenvalue weighted by atomic mass is 9.91. The standard InChI is InChI=1S/C16H20F3NO4/c1-14(2,3)24-13(22)20-15(4,9-21)11-8-10(16(17,18)19)6-7-12(11)23-5/h6-9H,1-5H3,(H,20,22). The molecular weight excluding hydrogens is 327 g/mol. The quantitative estimate of drug-likeness (QED) is 0.845. The van der Waals surface area contributed by atoms with Crippen molar-refractivity contribution in [2.45, 2.75) is 45.0 Å². The molecule has 0 aliphatic carbocycles. The minimum atomic E-state index is -4.60. The highest BCUT2D eigenvalue weighted by atomic mass is 19.4. The molecule has 1 rings (SSSR count). The molecule has 0 spiro atoms. The molecule has 1 unspecified atom stereocenters. The van der Waals surface area contributed by atoms with Gasteiger partial charge in [-0.25, -0.2) is 4.79 Å². The Morgan fingerprint density at radius 1 is 1.17 bits per heavy atom. The monoisotopic (exact) mass is 347 g/mol. The molecule has 8 heteroatoms. The fraction of sp³-hybridized carbons (Fsp3) is 0.500. The number of aldehydes is 1. The molecular formula is C16H20F3NO4. The maximum absolute atomic E-state index is 12.9. The number of amides is 1. The average molecular weight is 347 g/mol. The lowest BCUT2D eigenvalue weighted by molar-refractivity contribution is -0.137. The number of alkyl carbamates (subject to hydrolysis) is 1. The summed E-state index contributed by atoms with van der Waals surface area (Å²) in [5, 5.41) is 2.29. The highest BCUT2D eigenvalue weighted by Gasteiger charge is 2.37. The second kappa shape index (κ2) is 6.70. The molecule has 0 aliphatic rings. The Kier molecular flexibility index (Phi) is 5.53. The molecule has 0 saturated heterocycles. The van der Waals surface area contributed by atoms with Gasteiger partial charge in [-0.15, -0.1) is 0 Å². The van der Waals surface area contributed by atoms with Crippen LogP contribution < -0.4 is 10.1 Å². The Morgan fingerprint density at radius 3 is 2.17 bits per heavy atom. The molecule has 5 nitrogen and oxygen atoms in total. The molecule has 0 saturated carbocycles. The number of ether oxygens (including phenoxy) is 2. The number of carbonyl (C=O) groups excluding carboxylic acids is 2. The number of alkyl halides is 3. The maximum atomic E-state index is 12.9. The Morgan fingerprint density at radius 2 is 1.75 bits per heavy atom. The largest absolute Gasteiger partial charge is 0.496 e. The summed E-state index contributed by atoms with van der Waals surface area (Å²) in [5.41, 5.74) is -3.67. The van der Waals surface area contributed by atoms with Crippen molar-refractivity contribution in [3.05, 3.63) is 29.3 Å². The summed E-state index contributed by atoms with van der Waals surface area (Å²) in [6.45, 7) is 6.13. The third-order valence-electron chi connectivity index (χ3n) is 3.08. The molecule has 1 aromatic carbocycles. The van der Waals surface area contributed by atoms with Gasteiger partial charge in [-0.1, -0.05) is 0 Å². The third-order valence-corrected chi connectivity index (χ3v) is 3.08. The van der Waals surface area contributed by atoms with E-state index in [0.29, 0.717) is 6.29 Å². The predicted molar refractivity (Wildman–Crippen MR) is 80.8 cm³/mol. The maximum Gasteiger partial charge on any atom is 0.416 e. The molecule has 0 fully saturated rings. The Balaban J connectivity index is 3.31.